The molecule has 0 spiro atoms. The van der Waals surface area contributed by atoms with Crippen LogP contribution in [0.2, 0.25) is 0 Å². The number of carboxylic acid groups (broad SMARTS) is 1. The molecule has 0 bridgehead atoms. The molecule has 0 heterocycles. The highest BCUT2D eigenvalue weighted by Crippen LogP contribution is 2.23. The Morgan fingerprint density at radius 2 is 1.88 bits per heavy atom. The van der Waals surface area contributed by atoms with E-state index in [0.29, 0.717) is 23.7 Å². The Balaban J connectivity index is 1.91. The first kappa shape index (κ1) is 19.7. The van der Waals surface area contributed by atoms with Crippen molar-refractivity contribution in [2.24, 2.45) is 0 Å². The molecule has 0 radical (unpaired) electrons. The number of hydrogen-bond donors (Lipinski definition) is 1. The van der Waals surface area contributed by atoms with E-state index in [1.807, 2.05) is 0 Å². The number of hydrogen-bond acceptors (Lipinski definition) is 4. The average molecular weight is 362 g/mol. The Labute approximate surface area is 152 Å². The number of carboxylic acids is 1. The fourth-order valence-corrected chi connectivity index (χ4v) is 2.46. The maximum Gasteiger partial charge on any atom is 0.333 e. The van der Waals surface area contributed by atoms with E-state index in [1.54, 1.807) is 55.5 Å². The first-order valence-corrected chi connectivity index (χ1v) is 8.37. The van der Waals surface area contributed by atoms with Crippen LogP contribution in [0.15, 0.2) is 48.5 Å². The van der Waals surface area contributed by atoms with Gasteiger partial charge in [-0.3, -0.25) is 0 Å². The van der Waals surface area contributed by atoms with Crippen LogP contribution in [-0.2, 0) is 16.0 Å². The largest absolute Gasteiger partial charge is 0.497 e. The molecule has 1 unspecified atom stereocenters. The lowest BCUT2D eigenvalue weighted by Crippen LogP contribution is -2.26. The van der Waals surface area contributed by atoms with E-state index < -0.39 is 18.2 Å². The second-order valence-electron chi connectivity index (χ2n) is 5.69. The summed E-state index contributed by atoms with van der Waals surface area (Å²) in [6, 6.07) is 13.7. The lowest BCUT2D eigenvalue weighted by molar-refractivity contribution is -0.149. The van der Waals surface area contributed by atoms with Crippen molar-refractivity contribution in [2.75, 3.05) is 20.3 Å². The second-order valence-corrected chi connectivity index (χ2v) is 5.69. The first-order chi connectivity index (χ1) is 12.5. The van der Waals surface area contributed by atoms with Gasteiger partial charge in [0.1, 0.15) is 18.1 Å². The maximum atomic E-state index is 14.3. The zero-order valence-corrected chi connectivity index (χ0v) is 14.9. The molecule has 0 aliphatic rings. The van der Waals surface area contributed by atoms with Crippen LogP contribution in [0.4, 0.5) is 4.39 Å². The molecule has 0 aliphatic carbocycles. The molecule has 0 amide bonds. The number of methoxy groups -OCH3 is 1. The van der Waals surface area contributed by atoms with E-state index in [4.69, 9.17) is 19.3 Å². The number of rotatable bonds is 10. The quantitative estimate of drug-likeness (QED) is 0.696. The zero-order valence-electron chi connectivity index (χ0n) is 14.9. The van der Waals surface area contributed by atoms with Gasteiger partial charge in [-0.15, -0.1) is 0 Å². The van der Waals surface area contributed by atoms with Crippen molar-refractivity contribution >= 4 is 5.97 Å². The Morgan fingerprint density at radius 3 is 2.50 bits per heavy atom. The molecule has 1 N–H and O–H groups in total. The maximum absolute atomic E-state index is 14.3. The molecular weight excluding hydrogens is 339 g/mol. The van der Waals surface area contributed by atoms with Gasteiger partial charge in [-0.05, 0) is 42.3 Å². The van der Waals surface area contributed by atoms with Gasteiger partial charge in [0.15, 0.2) is 12.3 Å². The molecule has 5 nitrogen and oxygen atoms in total. The molecular formula is C20H23FO5. The van der Waals surface area contributed by atoms with Crippen LogP contribution in [0.3, 0.4) is 0 Å². The summed E-state index contributed by atoms with van der Waals surface area (Å²) in [6.07, 6.45) is -1.90. The molecule has 2 aromatic carbocycles. The molecule has 2 rings (SSSR count). The Bertz CT molecular complexity index is 702. The lowest BCUT2D eigenvalue weighted by atomic mass is 10.1. The molecule has 0 fully saturated rings. The van der Waals surface area contributed by atoms with Crippen molar-refractivity contribution in [1.29, 1.82) is 0 Å². The fourth-order valence-electron chi connectivity index (χ4n) is 2.46. The highest BCUT2D eigenvalue weighted by molar-refractivity contribution is 5.72. The smallest absolute Gasteiger partial charge is 0.333 e. The lowest BCUT2D eigenvalue weighted by Gasteiger charge is -2.14. The number of aliphatic carboxylic acids is 1. The van der Waals surface area contributed by atoms with Gasteiger partial charge in [0.2, 0.25) is 0 Å². The van der Waals surface area contributed by atoms with Crippen molar-refractivity contribution in [3.8, 4) is 11.5 Å². The standard InChI is InChI=1S/C20H23FO5/c1-3-25-19(20(22)23)11-14-7-9-16(10-8-14)26-13-18(21)15-5-4-6-17(12-15)24-2/h4-10,12,18-19H,3,11,13H2,1-2H3,(H,22,23)/t18-,19?/m1/s1. The van der Waals surface area contributed by atoms with Crippen molar-refractivity contribution in [3.63, 3.8) is 0 Å². The van der Waals surface area contributed by atoms with Crippen molar-refractivity contribution in [3.05, 3.63) is 59.7 Å². The third kappa shape index (κ3) is 5.74. The Kier molecular flexibility index (Phi) is 7.41. The van der Waals surface area contributed by atoms with Crippen LogP contribution in [-0.4, -0.2) is 37.5 Å². The van der Waals surface area contributed by atoms with Crippen molar-refractivity contribution in [1.82, 2.24) is 0 Å². The van der Waals surface area contributed by atoms with E-state index in [0.717, 1.165) is 5.56 Å². The molecule has 0 saturated heterocycles. The Morgan fingerprint density at radius 1 is 1.15 bits per heavy atom. The number of benzene rings is 2. The zero-order chi connectivity index (χ0) is 18.9. The van der Waals surface area contributed by atoms with E-state index >= 15 is 0 Å². The number of halogens is 1. The van der Waals surface area contributed by atoms with E-state index in [2.05, 4.69) is 0 Å². The van der Waals surface area contributed by atoms with E-state index in [1.165, 1.54) is 7.11 Å². The van der Waals surface area contributed by atoms with Gasteiger partial charge in [0.25, 0.3) is 0 Å². The average Bonchev–Trinajstić information content (AvgIpc) is 2.66. The van der Waals surface area contributed by atoms with Crippen LogP contribution in [0.1, 0.15) is 24.2 Å². The van der Waals surface area contributed by atoms with E-state index in [9.17, 15) is 9.18 Å². The van der Waals surface area contributed by atoms with Gasteiger partial charge in [0.05, 0.1) is 7.11 Å². The number of alkyl halides is 1. The predicted molar refractivity (Wildman–Crippen MR) is 95.5 cm³/mol. The molecule has 140 valence electrons. The summed E-state index contributed by atoms with van der Waals surface area (Å²) in [4.78, 5) is 11.1. The summed E-state index contributed by atoms with van der Waals surface area (Å²) < 4.78 is 30.1. The molecule has 6 heteroatoms. The van der Waals surface area contributed by atoms with Crippen LogP contribution in [0.25, 0.3) is 0 Å². The summed E-state index contributed by atoms with van der Waals surface area (Å²) in [5.41, 5.74) is 1.30. The normalized spacial score (nSPS) is 13.0. The number of ether oxygens (including phenoxy) is 3. The predicted octanol–water partition coefficient (Wildman–Crippen LogP) is 3.82. The van der Waals surface area contributed by atoms with Gasteiger partial charge in [0, 0.05) is 13.0 Å². The van der Waals surface area contributed by atoms with Gasteiger partial charge >= 0.3 is 5.97 Å². The summed E-state index contributed by atoms with van der Waals surface area (Å²) in [5.74, 6) is 0.116. The number of carbonyl (C=O) groups is 1. The first-order valence-electron chi connectivity index (χ1n) is 8.37. The topological polar surface area (TPSA) is 65.0 Å². The van der Waals surface area contributed by atoms with Gasteiger partial charge < -0.3 is 19.3 Å². The SMILES string of the molecule is CCOC(Cc1ccc(OC[C@@H](F)c2cccc(OC)c2)cc1)C(=O)O. The van der Waals surface area contributed by atoms with Gasteiger partial charge in [-0.1, -0.05) is 24.3 Å². The molecule has 2 atom stereocenters. The minimum Gasteiger partial charge on any atom is -0.497 e. The monoisotopic (exact) mass is 362 g/mol. The van der Waals surface area contributed by atoms with Crippen molar-refractivity contribution < 1.29 is 28.5 Å². The third-order valence-corrected chi connectivity index (χ3v) is 3.84. The van der Waals surface area contributed by atoms with Crippen LogP contribution in [0, 0.1) is 0 Å². The fraction of sp³-hybridized carbons (Fsp3) is 0.350. The minimum absolute atomic E-state index is 0.122. The van der Waals surface area contributed by atoms with E-state index in [-0.39, 0.29) is 13.0 Å². The molecule has 0 aromatic heterocycles. The molecule has 0 aliphatic heterocycles. The highest BCUT2D eigenvalue weighted by atomic mass is 19.1. The molecule has 26 heavy (non-hydrogen) atoms. The third-order valence-electron chi connectivity index (χ3n) is 3.84. The molecule has 2 aromatic rings. The molecule has 0 saturated carbocycles. The van der Waals surface area contributed by atoms with Crippen LogP contribution in [0.5, 0.6) is 11.5 Å². The van der Waals surface area contributed by atoms with Gasteiger partial charge in [-0.25, -0.2) is 9.18 Å². The minimum atomic E-state index is -1.28. The van der Waals surface area contributed by atoms with Crippen molar-refractivity contribution in [2.45, 2.75) is 25.6 Å². The van der Waals surface area contributed by atoms with Gasteiger partial charge in [-0.2, -0.15) is 0 Å². The summed E-state index contributed by atoms with van der Waals surface area (Å²) in [7, 11) is 1.53. The van der Waals surface area contributed by atoms with Crippen LogP contribution < -0.4 is 9.47 Å². The summed E-state index contributed by atoms with van der Waals surface area (Å²) in [5, 5.41) is 9.11. The summed E-state index contributed by atoms with van der Waals surface area (Å²) in [6.45, 7) is 1.96. The summed E-state index contributed by atoms with van der Waals surface area (Å²) >= 11 is 0. The van der Waals surface area contributed by atoms with Crippen LogP contribution >= 0.6 is 0 Å². The Hall–Kier alpha value is -2.60. The highest BCUT2D eigenvalue weighted by Gasteiger charge is 2.18. The second kappa shape index (κ2) is 9.77.